The van der Waals surface area contributed by atoms with Crippen molar-refractivity contribution < 1.29 is 26.9 Å². The topological polar surface area (TPSA) is 78.9 Å². The van der Waals surface area contributed by atoms with Crippen LogP contribution in [0.2, 0.25) is 0 Å². The zero-order chi connectivity index (χ0) is 20.4. The fourth-order valence-electron chi connectivity index (χ4n) is 2.84. The van der Waals surface area contributed by atoms with Gasteiger partial charge in [-0.25, -0.2) is 0 Å². The molecule has 146 valence electrons. The standard InChI is InChI=1S/C22H16O6S/c1-26-16-7-10-18(11-8-16)29(24,25)28-17-9-12-19-20(14-17)27-21(22(19)23)13-15-5-3-2-4-6-15/h2-14H,1H3. The highest BCUT2D eigenvalue weighted by molar-refractivity contribution is 7.87. The van der Waals surface area contributed by atoms with E-state index in [1.165, 1.54) is 49.6 Å². The predicted molar refractivity (Wildman–Crippen MR) is 107 cm³/mol. The molecule has 0 unspecified atom stereocenters. The third-order valence-electron chi connectivity index (χ3n) is 4.29. The maximum absolute atomic E-state index is 12.5. The van der Waals surface area contributed by atoms with Gasteiger partial charge in [-0.15, -0.1) is 0 Å². The van der Waals surface area contributed by atoms with Crippen molar-refractivity contribution in [2.75, 3.05) is 7.11 Å². The van der Waals surface area contributed by atoms with Crippen molar-refractivity contribution in [1.82, 2.24) is 0 Å². The first-order valence-corrected chi connectivity index (χ1v) is 10.1. The maximum Gasteiger partial charge on any atom is 0.339 e. The number of carbonyl (C=O) groups is 1. The van der Waals surface area contributed by atoms with Crippen molar-refractivity contribution in [1.29, 1.82) is 0 Å². The molecule has 1 heterocycles. The smallest absolute Gasteiger partial charge is 0.339 e. The highest BCUT2D eigenvalue weighted by atomic mass is 32.2. The van der Waals surface area contributed by atoms with Crippen molar-refractivity contribution >= 4 is 22.0 Å². The minimum absolute atomic E-state index is 0.0135. The third-order valence-corrected chi connectivity index (χ3v) is 5.55. The summed E-state index contributed by atoms with van der Waals surface area (Å²) in [5.41, 5.74) is 1.17. The summed E-state index contributed by atoms with van der Waals surface area (Å²) >= 11 is 0. The summed E-state index contributed by atoms with van der Waals surface area (Å²) in [6, 6.07) is 19.4. The number of ketones is 1. The minimum Gasteiger partial charge on any atom is -0.497 e. The van der Waals surface area contributed by atoms with Crippen LogP contribution in [-0.4, -0.2) is 21.3 Å². The highest BCUT2D eigenvalue weighted by Gasteiger charge is 2.28. The van der Waals surface area contributed by atoms with Crippen molar-refractivity contribution in [3.8, 4) is 17.2 Å². The number of hydrogen-bond acceptors (Lipinski definition) is 6. The van der Waals surface area contributed by atoms with Crippen LogP contribution in [0, 0.1) is 0 Å². The largest absolute Gasteiger partial charge is 0.497 e. The Morgan fingerprint density at radius 1 is 0.897 bits per heavy atom. The molecule has 0 aliphatic carbocycles. The predicted octanol–water partition coefficient (Wildman–Crippen LogP) is 4.08. The van der Waals surface area contributed by atoms with E-state index in [1.807, 2.05) is 30.3 Å². The van der Waals surface area contributed by atoms with Gasteiger partial charge in [0.2, 0.25) is 5.78 Å². The molecule has 1 aliphatic rings. The SMILES string of the molecule is COc1ccc(S(=O)(=O)Oc2ccc3c(c2)OC(=Cc2ccccc2)C3=O)cc1. The molecule has 0 saturated carbocycles. The molecule has 0 amide bonds. The molecule has 0 fully saturated rings. The van der Waals surface area contributed by atoms with Gasteiger partial charge in [0.25, 0.3) is 0 Å². The van der Waals surface area contributed by atoms with E-state index in [0.29, 0.717) is 11.3 Å². The molecule has 6 nitrogen and oxygen atoms in total. The Balaban J connectivity index is 1.58. The van der Waals surface area contributed by atoms with Gasteiger partial charge < -0.3 is 13.7 Å². The number of allylic oxidation sites excluding steroid dienone is 1. The molecule has 0 N–H and O–H groups in total. The van der Waals surface area contributed by atoms with E-state index in [4.69, 9.17) is 13.7 Å². The second kappa shape index (κ2) is 7.44. The van der Waals surface area contributed by atoms with E-state index >= 15 is 0 Å². The summed E-state index contributed by atoms with van der Waals surface area (Å²) in [6.07, 6.45) is 1.64. The summed E-state index contributed by atoms with van der Waals surface area (Å²) < 4.78 is 40.8. The van der Waals surface area contributed by atoms with Gasteiger partial charge in [0.15, 0.2) is 5.76 Å². The van der Waals surface area contributed by atoms with E-state index in [1.54, 1.807) is 6.08 Å². The molecule has 4 rings (SSSR count). The lowest BCUT2D eigenvalue weighted by Crippen LogP contribution is -2.09. The van der Waals surface area contributed by atoms with E-state index in [2.05, 4.69) is 0 Å². The summed E-state index contributed by atoms with van der Waals surface area (Å²) in [5, 5.41) is 0. The Morgan fingerprint density at radius 2 is 1.59 bits per heavy atom. The van der Waals surface area contributed by atoms with Crippen LogP contribution in [0.1, 0.15) is 15.9 Å². The van der Waals surface area contributed by atoms with Crippen LogP contribution in [0.4, 0.5) is 0 Å². The number of methoxy groups -OCH3 is 1. The second-order valence-electron chi connectivity index (χ2n) is 6.22. The Labute approximate surface area is 168 Å². The molecule has 0 saturated heterocycles. The van der Waals surface area contributed by atoms with E-state index in [-0.39, 0.29) is 27.9 Å². The molecule has 0 spiro atoms. The van der Waals surface area contributed by atoms with Gasteiger partial charge in [-0.05, 0) is 48.0 Å². The zero-order valence-corrected chi connectivity index (χ0v) is 16.2. The lowest BCUT2D eigenvalue weighted by Gasteiger charge is -2.08. The lowest BCUT2D eigenvalue weighted by atomic mass is 10.1. The summed E-state index contributed by atoms with van der Waals surface area (Å²) in [7, 11) is -2.55. The fourth-order valence-corrected chi connectivity index (χ4v) is 3.76. The van der Waals surface area contributed by atoms with E-state index in [9.17, 15) is 13.2 Å². The Bertz CT molecular complexity index is 1200. The molecular weight excluding hydrogens is 392 g/mol. The van der Waals surface area contributed by atoms with E-state index in [0.717, 1.165) is 5.56 Å². The van der Waals surface area contributed by atoms with Gasteiger partial charge in [0.1, 0.15) is 22.1 Å². The number of hydrogen-bond donors (Lipinski definition) is 0. The average molecular weight is 408 g/mol. The van der Waals surface area contributed by atoms with Gasteiger partial charge in [-0.3, -0.25) is 4.79 Å². The molecule has 3 aromatic rings. The molecular formula is C22H16O6S. The zero-order valence-electron chi connectivity index (χ0n) is 15.4. The number of Topliss-reactive ketones (excluding diaryl/α,β-unsaturated/α-hetero) is 1. The van der Waals surface area contributed by atoms with Crippen molar-refractivity contribution in [3.05, 3.63) is 89.7 Å². The molecule has 0 bridgehead atoms. The monoisotopic (exact) mass is 408 g/mol. The first-order valence-electron chi connectivity index (χ1n) is 8.68. The first kappa shape index (κ1) is 18.8. The van der Waals surface area contributed by atoms with Crippen LogP contribution in [0.3, 0.4) is 0 Å². The molecule has 7 heteroatoms. The Kier molecular flexibility index (Phi) is 4.82. The highest BCUT2D eigenvalue weighted by Crippen LogP contribution is 2.35. The van der Waals surface area contributed by atoms with Gasteiger partial charge >= 0.3 is 10.1 Å². The van der Waals surface area contributed by atoms with Gasteiger partial charge in [0.05, 0.1) is 12.7 Å². The van der Waals surface area contributed by atoms with Crippen LogP contribution in [0.5, 0.6) is 17.2 Å². The van der Waals surface area contributed by atoms with Crippen molar-refractivity contribution in [3.63, 3.8) is 0 Å². The van der Waals surface area contributed by atoms with Gasteiger partial charge in [-0.2, -0.15) is 8.42 Å². The van der Waals surface area contributed by atoms with E-state index < -0.39 is 10.1 Å². The molecule has 29 heavy (non-hydrogen) atoms. The van der Waals surface area contributed by atoms with Crippen LogP contribution in [0.25, 0.3) is 6.08 Å². The van der Waals surface area contributed by atoms with Crippen LogP contribution in [-0.2, 0) is 10.1 Å². The molecule has 0 radical (unpaired) electrons. The number of ether oxygens (including phenoxy) is 2. The van der Waals surface area contributed by atoms with Crippen LogP contribution < -0.4 is 13.7 Å². The summed E-state index contributed by atoms with van der Waals surface area (Å²) in [6.45, 7) is 0. The van der Waals surface area contributed by atoms with Gasteiger partial charge in [0, 0.05) is 6.07 Å². The first-order chi connectivity index (χ1) is 14.0. The van der Waals surface area contributed by atoms with Crippen LogP contribution in [0.15, 0.2) is 83.5 Å². The Morgan fingerprint density at radius 3 is 2.28 bits per heavy atom. The van der Waals surface area contributed by atoms with Crippen molar-refractivity contribution in [2.45, 2.75) is 4.90 Å². The summed E-state index contributed by atoms with van der Waals surface area (Å²) in [5.74, 6) is 0.730. The summed E-state index contributed by atoms with van der Waals surface area (Å²) in [4.78, 5) is 12.5. The number of benzene rings is 3. The molecule has 1 aliphatic heterocycles. The number of fused-ring (bicyclic) bond motifs is 1. The fraction of sp³-hybridized carbons (Fsp3) is 0.0455. The molecule has 3 aromatic carbocycles. The minimum atomic E-state index is -4.04. The van der Waals surface area contributed by atoms with Crippen LogP contribution >= 0.6 is 0 Å². The maximum atomic E-state index is 12.5. The third kappa shape index (κ3) is 3.86. The van der Waals surface area contributed by atoms with Gasteiger partial charge in [-0.1, -0.05) is 30.3 Å². The normalized spacial score (nSPS) is 14.4. The Hall–Kier alpha value is -3.58. The molecule has 0 atom stereocenters. The molecule has 0 aromatic heterocycles. The number of carbonyl (C=O) groups excluding carboxylic acids is 1. The quantitative estimate of drug-likeness (QED) is 0.468. The average Bonchev–Trinajstić information content (AvgIpc) is 3.03. The van der Waals surface area contributed by atoms with Crippen molar-refractivity contribution in [2.24, 2.45) is 0 Å². The lowest BCUT2D eigenvalue weighted by molar-refractivity contribution is 0.101. The number of rotatable bonds is 5. The second-order valence-corrected chi connectivity index (χ2v) is 7.77.